The lowest BCUT2D eigenvalue weighted by molar-refractivity contribution is -0.384. The predicted molar refractivity (Wildman–Crippen MR) is 37.0 cm³/mol. The van der Waals surface area contributed by atoms with Gasteiger partial charge in [0.1, 0.15) is 5.75 Å². The molecule has 0 N–H and O–H groups in total. The smallest absolute Gasteiger partial charge is 0.269 e. The van der Waals surface area contributed by atoms with Crippen LogP contribution in [0.1, 0.15) is 0 Å². The predicted octanol–water partition coefficient (Wildman–Crippen LogP) is 1.52. The first-order valence-corrected chi connectivity index (χ1v) is 2.82. The molecular formula is C7H4NO3. The van der Waals surface area contributed by atoms with E-state index in [0.29, 0.717) is 0 Å². The standard InChI is InChI=1S/C7H4NO3/c1-11-7-4-2-6(3-5-7)8(9)10/h2-5H. The van der Waals surface area contributed by atoms with Crippen LogP contribution in [0.4, 0.5) is 5.69 Å². The van der Waals surface area contributed by atoms with Gasteiger partial charge in [-0.2, -0.15) is 0 Å². The number of nitrogens with zero attached hydrogens (tertiary/aromatic N) is 1. The van der Waals surface area contributed by atoms with Gasteiger partial charge in [-0.1, -0.05) is 0 Å². The summed E-state index contributed by atoms with van der Waals surface area (Å²) in [6, 6.07) is 5.30. The summed E-state index contributed by atoms with van der Waals surface area (Å²) in [6.45, 7) is 0. The number of nitro benzene ring substituents is 1. The number of nitro groups is 1. The SMILES string of the molecule is [C]Oc1ccc([N+](=O)[O-])cc1. The van der Waals surface area contributed by atoms with Gasteiger partial charge in [-0.15, -0.1) is 0 Å². The molecule has 0 aliphatic heterocycles. The van der Waals surface area contributed by atoms with Gasteiger partial charge in [0, 0.05) is 12.1 Å². The Morgan fingerprint density at radius 1 is 1.36 bits per heavy atom. The largest absolute Gasteiger partial charge is 0.473 e. The molecule has 4 heteroatoms. The van der Waals surface area contributed by atoms with Gasteiger partial charge in [-0.25, -0.2) is 0 Å². The average molecular weight is 150 g/mol. The number of rotatable bonds is 2. The van der Waals surface area contributed by atoms with E-state index in [0.717, 1.165) is 0 Å². The maximum Gasteiger partial charge on any atom is 0.269 e. The molecule has 1 aromatic carbocycles. The minimum Gasteiger partial charge on any atom is -0.473 e. The Bertz CT molecular complexity index is 255. The van der Waals surface area contributed by atoms with E-state index in [2.05, 4.69) is 4.74 Å². The van der Waals surface area contributed by atoms with Gasteiger partial charge in [0.15, 0.2) is 0 Å². The topological polar surface area (TPSA) is 52.4 Å². The van der Waals surface area contributed by atoms with Crippen molar-refractivity contribution in [3.63, 3.8) is 0 Å². The Morgan fingerprint density at radius 2 is 1.91 bits per heavy atom. The van der Waals surface area contributed by atoms with Crippen molar-refractivity contribution in [3.8, 4) is 5.75 Å². The maximum absolute atomic E-state index is 10.1. The van der Waals surface area contributed by atoms with Gasteiger partial charge in [-0.05, 0) is 12.1 Å². The third kappa shape index (κ3) is 1.67. The molecule has 0 unspecified atom stereocenters. The highest BCUT2D eigenvalue weighted by molar-refractivity contribution is 5.35. The Balaban J connectivity index is 2.91. The fourth-order valence-electron chi connectivity index (χ4n) is 0.636. The summed E-state index contributed by atoms with van der Waals surface area (Å²) >= 11 is 0. The molecule has 0 amide bonds. The fraction of sp³-hybridized carbons (Fsp3) is 0. The molecule has 1 aromatic rings. The van der Waals surface area contributed by atoms with Crippen LogP contribution in [-0.2, 0) is 0 Å². The van der Waals surface area contributed by atoms with Crippen molar-refractivity contribution in [2.75, 3.05) is 0 Å². The van der Waals surface area contributed by atoms with Crippen LogP contribution in [0.25, 0.3) is 0 Å². The van der Waals surface area contributed by atoms with Gasteiger partial charge in [0.2, 0.25) is 0 Å². The molecule has 3 radical (unpaired) electrons. The first-order valence-electron chi connectivity index (χ1n) is 2.82. The number of ether oxygens (including phenoxy) is 1. The highest BCUT2D eigenvalue weighted by atomic mass is 16.6. The molecular weight excluding hydrogens is 146 g/mol. The van der Waals surface area contributed by atoms with Crippen molar-refractivity contribution in [3.05, 3.63) is 41.5 Å². The van der Waals surface area contributed by atoms with E-state index < -0.39 is 4.92 Å². The zero-order chi connectivity index (χ0) is 8.27. The molecule has 0 fully saturated rings. The molecule has 0 aromatic heterocycles. The van der Waals surface area contributed by atoms with Crippen LogP contribution in [0.15, 0.2) is 24.3 Å². The second kappa shape index (κ2) is 3.01. The van der Waals surface area contributed by atoms with Gasteiger partial charge in [0.25, 0.3) is 12.8 Å². The third-order valence-electron chi connectivity index (χ3n) is 1.17. The zero-order valence-electron chi connectivity index (χ0n) is 5.48. The highest BCUT2D eigenvalue weighted by Crippen LogP contribution is 2.16. The van der Waals surface area contributed by atoms with Crippen LogP contribution in [0.2, 0.25) is 0 Å². The van der Waals surface area contributed by atoms with Crippen molar-refractivity contribution >= 4 is 5.69 Å². The molecule has 0 heterocycles. The first kappa shape index (κ1) is 7.53. The summed E-state index contributed by atoms with van der Waals surface area (Å²) in [4.78, 5) is 9.61. The van der Waals surface area contributed by atoms with Gasteiger partial charge in [-0.3, -0.25) is 10.1 Å². The van der Waals surface area contributed by atoms with Gasteiger partial charge in [0.05, 0.1) is 4.92 Å². The van der Waals surface area contributed by atoms with Crippen LogP contribution >= 0.6 is 0 Å². The summed E-state index contributed by atoms with van der Waals surface area (Å²) in [5.41, 5.74) is -0.00852. The number of hydrogen-bond acceptors (Lipinski definition) is 3. The third-order valence-corrected chi connectivity index (χ3v) is 1.17. The van der Waals surface area contributed by atoms with Crippen LogP contribution < -0.4 is 4.74 Å². The molecule has 4 nitrogen and oxygen atoms in total. The van der Waals surface area contributed by atoms with Crippen LogP contribution in [0, 0.1) is 17.2 Å². The van der Waals surface area contributed by atoms with Crippen LogP contribution in [0.5, 0.6) is 5.75 Å². The summed E-state index contributed by atoms with van der Waals surface area (Å²) in [7, 11) is 6.45. The van der Waals surface area contributed by atoms with E-state index in [1.807, 2.05) is 0 Å². The summed E-state index contributed by atoms with van der Waals surface area (Å²) in [5, 5.41) is 10.1. The molecule has 11 heavy (non-hydrogen) atoms. The molecule has 1 rings (SSSR count). The van der Waals surface area contributed by atoms with E-state index in [-0.39, 0.29) is 11.4 Å². The highest BCUT2D eigenvalue weighted by Gasteiger charge is 2.02. The van der Waals surface area contributed by atoms with Crippen molar-refractivity contribution in [2.24, 2.45) is 0 Å². The normalized spacial score (nSPS) is 9.18. The molecule has 0 saturated carbocycles. The van der Waals surface area contributed by atoms with Crippen LogP contribution in [0.3, 0.4) is 0 Å². The van der Waals surface area contributed by atoms with E-state index in [9.17, 15) is 10.1 Å². The molecule has 0 aliphatic carbocycles. The van der Waals surface area contributed by atoms with Crippen LogP contribution in [-0.4, -0.2) is 4.92 Å². The Labute approximate surface area is 63.6 Å². The lowest BCUT2D eigenvalue weighted by Gasteiger charge is -1.94. The number of hydrogen-bond donors (Lipinski definition) is 0. The van der Waals surface area contributed by atoms with Crippen molar-refractivity contribution in [1.82, 2.24) is 0 Å². The van der Waals surface area contributed by atoms with E-state index in [1.165, 1.54) is 24.3 Å². The minimum absolute atomic E-state index is 0.00852. The molecule has 0 spiro atoms. The quantitative estimate of drug-likeness (QED) is 0.474. The van der Waals surface area contributed by atoms with E-state index >= 15 is 0 Å². The Kier molecular flexibility index (Phi) is 2.06. The van der Waals surface area contributed by atoms with E-state index in [4.69, 9.17) is 7.11 Å². The average Bonchev–Trinajstić information content (AvgIpc) is 2.05. The molecule has 55 valence electrons. The Morgan fingerprint density at radius 3 is 2.27 bits per heavy atom. The van der Waals surface area contributed by atoms with Crippen molar-refractivity contribution in [2.45, 2.75) is 0 Å². The number of non-ortho nitro benzene ring substituents is 1. The monoisotopic (exact) mass is 150 g/mol. The molecule has 0 atom stereocenters. The summed E-state index contributed by atoms with van der Waals surface area (Å²) < 4.78 is 4.08. The second-order valence-electron chi connectivity index (χ2n) is 1.85. The molecule has 0 bridgehead atoms. The lowest BCUT2D eigenvalue weighted by atomic mass is 10.3. The summed E-state index contributed by atoms with van der Waals surface area (Å²) in [6.07, 6.45) is 0. The second-order valence-corrected chi connectivity index (χ2v) is 1.85. The number of benzene rings is 1. The summed E-state index contributed by atoms with van der Waals surface area (Å²) in [5.74, 6) is 0.288. The van der Waals surface area contributed by atoms with E-state index in [1.54, 1.807) is 0 Å². The van der Waals surface area contributed by atoms with Gasteiger partial charge < -0.3 is 4.74 Å². The first-order chi connectivity index (χ1) is 5.24. The van der Waals surface area contributed by atoms with Crippen molar-refractivity contribution < 1.29 is 9.66 Å². The van der Waals surface area contributed by atoms with Crippen molar-refractivity contribution in [1.29, 1.82) is 0 Å². The molecule has 0 aliphatic rings. The minimum atomic E-state index is -0.506. The fourth-order valence-corrected chi connectivity index (χ4v) is 0.636. The maximum atomic E-state index is 10.1. The lowest BCUT2D eigenvalue weighted by Crippen LogP contribution is -1.86. The Hall–Kier alpha value is -1.58. The molecule has 0 saturated heterocycles. The zero-order valence-corrected chi connectivity index (χ0v) is 5.48. The van der Waals surface area contributed by atoms with Gasteiger partial charge >= 0.3 is 0 Å².